The highest BCUT2D eigenvalue weighted by molar-refractivity contribution is 5.95. The maximum atomic E-state index is 13.1. The third kappa shape index (κ3) is 10.0. The third-order valence-corrected chi connectivity index (χ3v) is 6.77. The first-order valence-electron chi connectivity index (χ1n) is 14.6. The van der Waals surface area contributed by atoms with Crippen molar-refractivity contribution in [1.29, 1.82) is 0 Å². The first-order valence-corrected chi connectivity index (χ1v) is 14.6. The van der Waals surface area contributed by atoms with Gasteiger partial charge in [0.05, 0.1) is 19.3 Å². The molecule has 250 valence electrons. The predicted molar refractivity (Wildman–Crippen MR) is 157 cm³/mol. The lowest BCUT2D eigenvalue weighted by Gasteiger charge is -2.21. The molecule has 4 N–H and O–H groups in total. The molecule has 0 amide bonds. The lowest BCUT2D eigenvalue weighted by atomic mass is 10.00. The number of phenols is 4. The van der Waals surface area contributed by atoms with Crippen molar-refractivity contribution >= 4 is 29.8 Å². The second kappa shape index (κ2) is 15.3. The molecule has 1 aliphatic rings. The summed E-state index contributed by atoms with van der Waals surface area (Å²) in [6, 6.07) is 4.26. The average molecular weight is 647 g/mol. The van der Waals surface area contributed by atoms with Crippen LogP contribution in [0.3, 0.4) is 0 Å². The fourth-order valence-electron chi connectivity index (χ4n) is 4.96. The molecule has 46 heavy (non-hydrogen) atoms. The summed E-state index contributed by atoms with van der Waals surface area (Å²) in [7, 11) is 0. The number of fused-ring (bicyclic) bond motifs is 2. The van der Waals surface area contributed by atoms with Crippen LogP contribution in [0.25, 0.3) is 0 Å². The Balaban J connectivity index is 1.90. The predicted octanol–water partition coefficient (Wildman–Crippen LogP) is 3.36. The Morgan fingerprint density at radius 1 is 0.457 bits per heavy atom. The zero-order valence-corrected chi connectivity index (χ0v) is 26.1. The molecule has 0 radical (unpaired) electrons. The number of rotatable bonds is 0. The molecule has 0 fully saturated rings. The van der Waals surface area contributed by atoms with Crippen molar-refractivity contribution in [2.45, 2.75) is 97.2 Å². The van der Waals surface area contributed by atoms with Gasteiger partial charge in [0.1, 0.15) is 64.6 Å². The van der Waals surface area contributed by atoms with Gasteiger partial charge in [-0.15, -0.1) is 0 Å². The molecule has 2 aromatic rings. The topological polar surface area (TPSA) is 212 Å². The molecule has 5 atom stereocenters. The minimum absolute atomic E-state index is 0.0863. The zero-order valence-electron chi connectivity index (χ0n) is 26.1. The number of esters is 5. The zero-order chi connectivity index (χ0) is 34.3. The SMILES string of the molecule is CC1Cc2cc(O)cc(O)c2C(=O)O[C@H](C)CC(=O)O[C@H](C)Cc2cc(O)cc(O)c2C(=O)O[C@H](C)CC(=O)O[C@H](C)CC(=O)O1. The fraction of sp³-hybridized carbons (Fsp3) is 0.469. The molecule has 14 heteroatoms. The average Bonchev–Trinajstić information content (AvgIpc) is 2.86. The van der Waals surface area contributed by atoms with Gasteiger partial charge < -0.3 is 44.1 Å². The first kappa shape index (κ1) is 35.5. The van der Waals surface area contributed by atoms with Crippen molar-refractivity contribution in [3.8, 4) is 23.0 Å². The summed E-state index contributed by atoms with van der Waals surface area (Å²) in [6.07, 6.45) is -6.09. The van der Waals surface area contributed by atoms with Crippen LogP contribution in [-0.2, 0) is 50.9 Å². The Kier molecular flexibility index (Phi) is 11.8. The quantitative estimate of drug-likeness (QED) is 0.239. The van der Waals surface area contributed by atoms with E-state index in [2.05, 4.69) is 0 Å². The second-order valence-corrected chi connectivity index (χ2v) is 11.4. The highest BCUT2D eigenvalue weighted by Crippen LogP contribution is 2.31. The molecule has 1 aliphatic heterocycles. The van der Waals surface area contributed by atoms with E-state index in [0.29, 0.717) is 0 Å². The normalized spacial score (nSPS) is 24.5. The summed E-state index contributed by atoms with van der Waals surface area (Å²) in [5, 5.41) is 41.0. The number of cyclic esters (lactones) is 5. The van der Waals surface area contributed by atoms with Gasteiger partial charge in [-0.3, -0.25) is 14.4 Å². The molecular weight excluding hydrogens is 608 g/mol. The van der Waals surface area contributed by atoms with Crippen LogP contribution in [0.2, 0.25) is 0 Å². The third-order valence-electron chi connectivity index (χ3n) is 6.77. The standard InChI is InChI=1S/C32H38O14/c1-15-6-20-11-22(33)13-24(35)29(20)31(40)45-18(4)9-27(38)43-16(2)7-21-12-23(34)14-25(36)30(21)32(41)46-19(5)10-28(39)44-17(3)8-26(37)42-15/h11-19,33-36H,6-10H2,1-5H3/t15?,16-,17-,18-,19-/m1/s1. The molecule has 14 nitrogen and oxygen atoms in total. The lowest BCUT2D eigenvalue weighted by molar-refractivity contribution is -0.157. The van der Waals surface area contributed by atoms with Crippen molar-refractivity contribution in [2.75, 3.05) is 0 Å². The molecular formula is C32H38O14. The molecule has 2 aromatic carbocycles. The van der Waals surface area contributed by atoms with Crippen LogP contribution in [0.15, 0.2) is 24.3 Å². The Morgan fingerprint density at radius 2 is 0.739 bits per heavy atom. The van der Waals surface area contributed by atoms with Gasteiger partial charge in [0.15, 0.2) is 0 Å². The van der Waals surface area contributed by atoms with Crippen molar-refractivity contribution < 1.29 is 68.1 Å². The van der Waals surface area contributed by atoms with Gasteiger partial charge in [0.25, 0.3) is 0 Å². The van der Waals surface area contributed by atoms with Crippen molar-refractivity contribution in [3.63, 3.8) is 0 Å². The maximum absolute atomic E-state index is 13.1. The fourth-order valence-corrected chi connectivity index (χ4v) is 4.96. The van der Waals surface area contributed by atoms with E-state index in [4.69, 9.17) is 23.7 Å². The van der Waals surface area contributed by atoms with E-state index in [9.17, 15) is 44.4 Å². The minimum atomic E-state index is -1.03. The molecule has 0 bridgehead atoms. The van der Waals surface area contributed by atoms with Crippen LogP contribution in [-0.4, -0.2) is 80.8 Å². The molecule has 0 spiro atoms. The van der Waals surface area contributed by atoms with Gasteiger partial charge in [-0.05, 0) is 57.9 Å². The summed E-state index contributed by atoms with van der Waals surface area (Å²) in [4.78, 5) is 63.8. The van der Waals surface area contributed by atoms with Gasteiger partial charge in [-0.25, -0.2) is 9.59 Å². The van der Waals surface area contributed by atoms with Gasteiger partial charge in [-0.2, -0.15) is 0 Å². The van der Waals surface area contributed by atoms with E-state index in [1.54, 1.807) is 0 Å². The second-order valence-electron chi connectivity index (χ2n) is 11.4. The number of carbonyl (C=O) groups excluding carboxylic acids is 5. The number of phenolic OH excluding ortho intramolecular Hbond substituents is 4. The molecule has 0 saturated heterocycles. The first-order chi connectivity index (χ1) is 21.5. The Labute approximate surface area is 264 Å². The van der Waals surface area contributed by atoms with E-state index in [1.807, 2.05) is 0 Å². The Bertz CT molecular complexity index is 1480. The number of ether oxygens (including phenoxy) is 5. The lowest BCUT2D eigenvalue weighted by Crippen LogP contribution is -2.27. The van der Waals surface area contributed by atoms with Crippen LogP contribution in [0.5, 0.6) is 23.0 Å². The van der Waals surface area contributed by atoms with Gasteiger partial charge >= 0.3 is 29.8 Å². The number of benzene rings is 2. The van der Waals surface area contributed by atoms with E-state index in [0.717, 1.165) is 12.1 Å². The van der Waals surface area contributed by atoms with Crippen LogP contribution >= 0.6 is 0 Å². The minimum Gasteiger partial charge on any atom is -0.508 e. The highest BCUT2D eigenvalue weighted by atomic mass is 16.6. The Morgan fingerprint density at radius 3 is 1.07 bits per heavy atom. The van der Waals surface area contributed by atoms with Crippen molar-refractivity contribution in [1.82, 2.24) is 0 Å². The largest absolute Gasteiger partial charge is 0.508 e. The Hall–Kier alpha value is -5.01. The maximum Gasteiger partial charge on any atom is 0.342 e. The summed E-state index contributed by atoms with van der Waals surface area (Å²) >= 11 is 0. The van der Waals surface area contributed by atoms with Crippen LogP contribution < -0.4 is 0 Å². The molecule has 1 heterocycles. The van der Waals surface area contributed by atoms with Crippen molar-refractivity contribution in [3.05, 3.63) is 46.5 Å². The number of hydrogen-bond donors (Lipinski definition) is 4. The van der Waals surface area contributed by atoms with Crippen molar-refractivity contribution in [2.24, 2.45) is 0 Å². The smallest absolute Gasteiger partial charge is 0.342 e. The van der Waals surface area contributed by atoms with Gasteiger partial charge in [0, 0.05) is 25.0 Å². The van der Waals surface area contributed by atoms with E-state index in [1.165, 1.54) is 46.8 Å². The van der Waals surface area contributed by atoms with Crippen LogP contribution in [0.1, 0.15) is 85.7 Å². The summed E-state index contributed by atoms with van der Waals surface area (Å²) in [5.74, 6) is -6.26. The van der Waals surface area contributed by atoms with Crippen LogP contribution in [0, 0.1) is 0 Å². The molecule has 0 aliphatic carbocycles. The molecule has 0 aromatic heterocycles. The van der Waals surface area contributed by atoms with Gasteiger partial charge in [0.2, 0.25) is 0 Å². The summed E-state index contributed by atoms with van der Waals surface area (Å²) in [6.45, 7) is 7.33. The number of aromatic hydroxyl groups is 4. The van der Waals surface area contributed by atoms with E-state index >= 15 is 0 Å². The monoisotopic (exact) mass is 646 g/mol. The van der Waals surface area contributed by atoms with Crippen LogP contribution in [0.4, 0.5) is 0 Å². The van der Waals surface area contributed by atoms with E-state index < -0.39 is 78.3 Å². The summed E-state index contributed by atoms with van der Waals surface area (Å²) in [5.41, 5.74) is -0.423. The summed E-state index contributed by atoms with van der Waals surface area (Å²) < 4.78 is 26.7. The molecule has 3 rings (SSSR count). The number of carbonyl (C=O) groups is 5. The van der Waals surface area contributed by atoms with E-state index in [-0.39, 0.29) is 59.4 Å². The number of hydrogen-bond acceptors (Lipinski definition) is 14. The molecule has 0 saturated carbocycles. The molecule has 1 unspecified atom stereocenters. The highest BCUT2D eigenvalue weighted by Gasteiger charge is 2.28. The van der Waals surface area contributed by atoms with Gasteiger partial charge in [-0.1, -0.05) is 0 Å².